The number of ether oxygens (including phenoxy) is 1. The molecule has 0 amide bonds. The van der Waals surface area contributed by atoms with Gasteiger partial charge in [-0.05, 0) is 35.4 Å². The van der Waals surface area contributed by atoms with Gasteiger partial charge in [0.2, 0.25) is 0 Å². The quantitative estimate of drug-likeness (QED) is 0.147. The maximum atomic E-state index is 6.44. The Hall–Kier alpha value is -7.64. The van der Waals surface area contributed by atoms with Crippen LogP contribution in [0.2, 0.25) is 0 Å². The smallest absolute Gasteiger partial charge is 0.164 e. The summed E-state index contributed by atoms with van der Waals surface area (Å²) in [5.74, 6) is 5.04. The van der Waals surface area contributed by atoms with Crippen molar-refractivity contribution in [3.8, 4) is 91.0 Å². The molecule has 55 heavy (non-hydrogen) atoms. The Kier molecular flexibility index (Phi) is 9.15. The van der Waals surface area contributed by atoms with Gasteiger partial charge in [0.15, 0.2) is 34.9 Å². The van der Waals surface area contributed by atoms with E-state index < -0.39 is 0 Å². The fourth-order valence-electron chi connectivity index (χ4n) is 6.26. The second kappa shape index (κ2) is 15.1. The summed E-state index contributed by atoms with van der Waals surface area (Å²) in [6.07, 6.45) is 0. The van der Waals surface area contributed by atoms with Crippen LogP contribution in [0.3, 0.4) is 0 Å². The first-order chi connectivity index (χ1) is 27.2. The molecule has 2 aromatic heterocycles. The zero-order valence-electron chi connectivity index (χ0n) is 29.6. The van der Waals surface area contributed by atoms with E-state index in [0.717, 1.165) is 44.5 Å². The highest BCUT2D eigenvalue weighted by atomic mass is 16.5. The standard InChI is InChI=1S/C48H32N6O/c1-5-15-34(16-6-1)43-49-44(35-17-7-2-8-18-35)52-47(51-43)38-29-27-33(28-30-38)39-23-13-25-41(31-39)55-42-26-14-24-40(32-42)48-53-45(36-19-9-3-10-20-36)50-46(54-48)37-21-11-4-12-22-37/h1-32H. The Labute approximate surface area is 318 Å². The molecule has 0 unspecified atom stereocenters. The van der Waals surface area contributed by atoms with Gasteiger partial charge in [-0.1, -0.05) is 170 Å². The van der Waals surface area contributed by atoms with Crippen molar-refractivity contribution in [2.24, 2.45) is 0 Å². The fourth-order valence-corrected chi connectivity index (χ4v) is 6.26. The van der Waals surface area contributed by atoms with E-state index in [0.29, 0.717) is 46.4 Å². The van der Waals surface area contributed by atoms with Gasteiger partial charge in [0, 0.05) is 33.4 Å². The molecule has 0 spiro atoms. The lowest BCUT2D eigenvalue weighted by atomic mass is 10.0. The summed E-state index contributed by atoms with van der Waals surface area (Å²) in [5, 5.41) is 0. The minimum absolute atomic E-state index is 0.567. The Morgan fingerprint density at radius 3 is 0.873 bits per heavy atom. The van der Waals surface area contributed by atoms with Gasteiger partial charge in [0.1, 0.15) is 11.5 Å². The molecule has 0 fully saturated rings. The van der Waals surface area contributed by atoms with Gasteiger partial charge in [0.05, 0.1) is 0 Å². The largest absolute Gasteiger partial charge is 0.457 e. The van der Waals surface area contributed by atoms with Gasteiger partial charge in [-0.25, -0.2) is 29.9 Å². The summed E-state index contributed by atoms with van der Waals surface area (Å²) in [5.41, 5.74) is 7.48. The summed E-state index contributed by atoms with van der Waals surface area (Å²) < 4.78 is 6.44. The van der Waals surface area contributed by atoms with E-state index in [9.17, 15) is 0 Å². The molecular weight excluding hydrogens is 677 g/mol. The van der Waals surface area contributed by atoms with Gasteiger partial charge in [-0.15, -0.1) is 0 Å². The van der Waals surface area contributed by atoms with Crippen LogP contribution >= 0.6 is 0 Å². The van der Waals surface area contributed by atoms with E-state index in [-0.39, 0.29) is 0 Å². The van der Waals surface area contributed by atoms with Crippen LogP contribution in [0, 0.1) is 0 Å². The Bertz CT molecular complexity index is 2590. The number of benzene rings is 7. The van der Waals surface area contributed by atoms with Crippen LogP contribution in [0.4, 0.5) is 0 Å². The van der Waals surface area contributed by atoms with Crippen LogP contribution in [-0.4, -0.2) is 29.9 Å². The van der Waals surface area contributed by atoms with Crippen LogP contribution in [-0.2, 0) is 0 Å². The third kappa shape index (κ3) is 7.49. The Balaban J connectivity index is 0.991. The maximum absolute atomic E-state index is 6.44. The van der Waals surface area contributed by atoms with Crippen molar-refractivity contribution in [3.63, 3.8) is 0 Å². The summed E-state index contributed by atoms with van der Waals surface area (Å²) in [6.45, 7) is 0. The van der Waals surface area contributed by atoms with Crippen molar-refractivity contribution < 1.29 is 4.74 Å². The highest BCUT2D eigenvalue weighted by molar-refractivity contribution is 5.72. The number of hydrogen-bond donors (Lipinski definition) is 0. The predicted molar refractivity (Wildman–Crippen MR) is 218 cm³/mol. The van der Waals surface area contributed by atoms with E-state index in [2.05, 4.69) is 18.2 Å². The summed E-state index contributed by atoms with van der Waals surface area (Å²) >= 11 is 0. The molecule has 0 aliphatic heterocycles. The topological polar surface area (TPSA) is 86.6 Å². The van der Waals surface area contributed by atoms with E-state index in [4.69, 9.17) is 34.6 Å². The second-order valence-electron chi connectivity index (χ2n) is 12.8. The van der Waals surface area contributed by atoms with Crippen LogP contribution in [0.1, 0.15) is 0 Å². The Morgan fingerprint density at radius 1 is 0.218 bits per heavy atom. The minimum atomic E-state index is 0.567. The molecule has 9 rings (SSSR count). The van der Waals surface area contributed by atoms with E-state index in [1.165, 1.54) is 0 Å². The average molecular weight is 709 g/mol. The summed E-state index contributed by atoms with van der Waals surface area (Å²) in [7, 11) is 0. The maximum Gasteiger partial charge on any atom is 0.164 e. The summed E-state index contributed by atoms with van der Waals surface area (Å²) in [6, 6.07) is 64.0. The van der Waals surface area contributed by atoms with Gasteiger partial charge in [0.25, 0.3) is 0 Å². The van der Waals surface area contributed by atoms with Crippen molar-refractivity contribution in [1.82, 2.24) is 29.9 Å². The first-order valence-electron chi connectivity index (χ1n) is 17.9. The molecule has 0 saturated heterocycles. The number of nitrogens with zero attached hydrogens (tertiary/aromatic N) is 6. The molecule has 7 heteroatoms. The molecule has 2 heterocycles. The van der Waals surface area contributed by atoms with Crippen molar-refractivity contribution in [2.45, 2.75) is 0 Å². The van der Waals surface area contributed by atoms with Crippen LogP contribution < -0.4 is 4.74 Å². The molecule has 0 bridgehead atoms. The molecule has 7 aromatic carbocycles. The molecule has 260 valence electrons. The second-order valence-corrected chi connectivity index (χ2v) is 12.8. The molecule has 0 N–H and O–H groups in total. The van der Waals surface area contributed by atoms with Crippen molar-refractivity contribution in [3.05, 3.63) is 194 Å². The molecule has 9 aromatic rings. The predicted octanol–water partition coefficient (Wildman–Crippen LogP) is 11.5. The molecule has 0 radical (unpaired) electrons. The van der Waals surface area contributed by atoms with E-state index >= 15 is 0 Å². The normalized spacial score (nSPS) is 10.9. The fraction of sp³-hybridized carbons (Fsp3) is 0. The van der Waals surface area contributed by atoms with Crippen LogP contribution in [0.15, 0.2) is 194 Å². The molecule has 0 atom stereocenters. The monoisotopic (exact) mass is 708 g/mol. The lowest BCUT2D eigenvalue weighted by Gasteiger charge is -2.11. The lowest BCUT2D eigenvalue weighted by Crippen LogP contribution is -2.00. The molecule has 0 saturated carbocycles. The van der Waals surface area contributed by atoms with Crippen molar-refractivity contribution >= 4 is 0 Å². The molecule has 7 nitrogen and oxygen atoms in total. The number of hydrogen-bond acceptors (Lipinski definition) is 7. The SMILES string of the molecule is c1ccc(-c2nc(-c3ccccc3)nc(-c3ccc(-c4cccc(Oc5cccc(-c6nc(-c7ccccc7)nc(-c7ccccc7)n6)c5)c4)cc3)n2)cc1. The lowest BCUT2D eigenvalue weighted by molar-refractivity contribution is 0.483. The van der Waals surface area contributed by atoms with Gasteiger partial charge >= 0.3 is 0 Å². The number of rotatable bonds is 9. The van der Waals surface area contributed by atoms with Gasteiger partial charge in [-0.2, -0.15) is 0 Å². The first kappa shape index (κ1) is 33.2. The van der Waals surface area contributed by atoms with Crippen LogP contribution in [0.5, 0.6) is 11.5 Å². The highest BCUT2D eigenvalue weighted by Crippen LogP contribution is 2.32. The number of aromatic nitrogens is 6. The zero-order chi connectivity index (χ0) is 36.8. The summed E-state index contributed by atoms with van der Waals surface area (Å²) in [4.78, 5) is 29.2. The average Bonchev–Trinajstić information content (AvgIpc) is 3.27. The first-order valence-corrected chi connectivity index (χ1v) is 17.9. The molecule has 0 aliphatic rings. The molecule has 0 aliphatic carbocycles. The third-order valence-corrected chi connectivity index (χ3v) is 9.04. The third-order valence-electron chi connectivity index (χ3n) is 9.04. The Morgan fingerprint density at radius 2 is 0.491 bits per heavy atom. The highest BCUT2D eigenvalue weighted by Gasteiger charge is 2.15. The zero-order valence-corrected chi connectivity index (χ0v) is 29.6. The van der Waals surface area contributed by atoms with Crippen molar-refractivity contribution in [1.29, 1.82) is 0 Å². The van der Waals surface area contributed by atoms with Crippen LogP contribution in [0.25, 0.3) is 79.5 Å². The van der Waals surface area contributed by atoms with Gasteiger partial charge in [-0.3, -0.25) is 0 Å². The molecular formula is C48H32N6O. The minimum Gasteiger partial charge on any atom is -0.457 e. The van der Waals surface area contributed by atoms with E-state index in [1.807, 2.05) is 176 Å². The van der Waals surface area contributed by atoms with Gasteiger partial charge < -0.3 is 4.74 Å². The van der Waals surface area contributed by atoms with E-state index in [1.54, 1.807) is 0 Å². The van der Waals surface area contributed by atoms with Crippen molar-refractivity contribution in [2.75, 3.05) is 0 Å².